The van der Waals surface area contributed by atoms with Crippen molar-refractivity contribution >= 4 is 15.9 Å². The lowest BCUT2D eigenvalue weighted by atomic mass is 10.0. The summed E-state index contributed by atoms with van der Waals surface area (Å²) in [6, 6.07) is 0.00852. The maximum Gasteiger partial charge on any atom is 0.220 e. The van der Waals surface area contributed by atoms with Crippen LogP contribution in [-0.2, 0) is 21.4 Å². The molecule has 2 heterocycles. The quantitative estimate of drug-likeness (QED) is 0.736. The number of aromatic nitrogens is 3. The fourth-order valence-electron chi connectivity index (χ4n) is 2.92. The minimum atomic E-state index is -3.16. The number of nitrogens with zero attached hydrogens (tertiary/aromatic N) is 4. The van der Waals surface area contributed by atoms with E-state index in [1.807, 2.05) is 0 Å². The highest BCUT2D eigenvalue weighted by Crippen LogP contribution is 2.21. The molecule has 9 heteroatoms. The minimum absolute atomic E-state index is 0.00756. The van der Waals surface area contributed by atoms with Crippen molar-refractivity contribution in [2.24, 2.45) is 0 Å². The molecule has 1 aromatic heterocycles. The number of hydrogen-bond acceptors (Lipinski definition) is 5. The predicted molar refractivity (Wildman–Crippen MR) is 86.1 cm³/mol. The number of rotatable bonds is 8. The number of nitrogens with one attached hydrogen (secondary N) is 1. The Labute approximate surface area is 137 Å². The van der Waals surface area contributed by atoms with E-state index < -0.39 is 10.0 Å². The fraction of sp³-hybridized carbons (Fsp3) is 0.786. The smallest absolute Gasteiger partial charge is 0.220 e. The van der Waals surface area contributed by atoms with Gasteiger partial charge in [-0.3, -0.25) is 9.48 Å². The first kappa shape index (κ1) is 17.9. The van der Waals surface area contributed by atoms with Gasteiger partial charge < -0.3 is 5.32 Å². The van der Waals surface area contributed by atoms with E-state index >= 15 is 0 Å². The first-order valence-electron chi connectivity index (χ1n) is 8.03. The zero-order chi connectivity index (χ0) is 16.7. The number of aryl methyl sites for hydroxylation is 1. The van der Waals surface area contributed by atoms with Crippen LogP contribution < -0.4 is 5.32 Å². The number of carbonyl (C=O) groups excluding carboxylic acids is 1. The molecule has 8 nitrogen and oxygen atoms in total. The Morgan fingerprint density at radius 2 is 2.22 bits per heavy atom. The van der Waals surface area contributed by atoms with Crippen LogP contribution in [0.4, 0.5) is 0 Å². The number of sulfonamides is 1. The average Bonchev–Trinajstić information content (AvgIpc) is 3.00. The summed E-state index contributed by atoms with van der Waals surface area (Å²) in [4.78, 5) is 15.6. The summed E-state index contributed by atoms with van der Waals surface area (Å²) in [5, 5.41) is 6.86. The molecular formula is C14H25N5O3S. The predicted octanol–water partition coefficient (Wildman–Crippen LogP) is 0.379. The Morgan fingerprint density at radius 1 is 1.39 bits per heavy atom. The largest absolute Gasteiger partial charge is 0.356 e. The van der Waals surface area contributed by atoms with Gasteiger partial charge >= 0.3 is 0 Å². The van der Waals surface area contributed by atoms with Gasteiger partial charge in [0.25, 0.3) is 0 Å². The molecule has 0 bridgehead atoms. The second-order valence-corrected chi connectivity index (χ2v) is 7.86. The minimum Gasteiger partial charge on any atom is -0.356 e. The van der Waals surface area contributed by atoms with Gasteiger partial charge in [0.15, 0.2) is 0 Å². The van der Waals surface area contributed by atoms with Crippen molar-refractivity contribution in [3.8, 4) is 0 Å². The zero-order valence-electron chi connectivity index (χ0n) is 13.5. The van der Waals surface area contributed by atoms with Crippen molar-refractivity contribution in [1.29, 1.82) is 0 Å². The molecule has 1 aromatic rings. The topological polar surface area (TPSA) is 97.2 Å². The number of amides is 1. The van der Waals surface area contributed by atoms with Crippen molar-refractivity contribution in [2.75, 3.05) is 19.3 Å². The maximum absolute atomic E-state index is 11.8. The van der Waals surface area contributed by atoms with Crippen molar-refractivity contribution in [3.05, 3.63) is 12.7 Å². The number of hydrogen-bond donors (Lipinski definition) is 1. The summed E-state index contributed by atoms with van der Waals surface area (Å²) in [6.07, 6.45) is 8.98. The first-order valence-corrected chi connectivity index (χ1v) is 9.87. The van der Waals surface area contributed by atoms with E-state index in [-0.39, 0.29) is 11.9 Å². The molecule has 1 aliphatic rings. The summed E-state index contributed by atoms with van der Waals surface area (Å²) in [5.41, 5.74) is 0. The van der Waals surface area contributed by atoms with Gasteiger partial charge in [-0.1, -0.05) is 6.42 Å². The standard InChI is InChI=1S/C14H25N5O3S/c1-23(21,22)19-10-3-2-5-13(19)7-8-16-14(20)6-4-9-18-12-15-11-17-18/h11-13H,2-10H2,1H3,(H,16,20). The van der Waals surface area contributed by atoms with Gasteiger partial charge in [-0.05, 0) is 25.7 Å². The number of piperidine rings is 1. The van der Waals surface area contributed by atoms with Gasteiger partial charge in [-0.25, -0.2) is 13.4 Å². The van der Waals surface area contributed by atoms with Gasteiger partial charge in [0.2, 0.25) is 15.9 Å². The molecule has 0 spiro atoms. The monoisotopic (exact) mass is 343 g/mol. The van der Waals surface area contributed by atoms with Crippen LogP contribution in [-0.4, -0.2) is 58.8 Å². The lowest BCUT2D eigenvalue weighted by Crippen LogP contribution is -2.44. The Morgan fingerprint density at radius 3 is 2.91 bits per heavy atom. The Hall–Kier alpha value is -1.48. The van der Waals surface area contributed by atoms with Crippen molar-refractivity contribution in [1.82, 2.24) is 24.4 Å². The van der Waals surface area contributed by atoms with Gasteiger partial charge in [0.1, 0.15) is 12.7 Å². The second-order valence-electron chi connectivity index (χ2n) is 5.92. The van der Waals surface area contributed by atoms with Crippen molar-refractivity contribution in [2.45, 2.75) is 51.1 Å². The normalized spacial score (nSPS) is 19.6. The zero-order valence-corrected chi connectivity index (χ0v) is 14.3. The summed E-state index contributed by atoms with van der Waals surface area (Å²) in [7, 11) is -3.16. The molecule has 1 fully saturated rings. The Kier molecular flexibility index (Phi) is 6.52. The molecule has 0 aliphatic carbocycles. The van der Waals surface area contributed by atoms with Gasteiger partial charge in [0.05, 0.1) is 6.26 Å². The molecule has 0 radical (unpaired) electrons. The SMILES string of the molecule is CS(=O)(=O)N1CCCCC1CCNC(=O)CCCn1cncn1. The summed E-state index contributed by atoms with van der Waals surface area (Å²) >= 11 is 0. The van der Waals surface area contributed by atoms with Crippen LogP contribution in [0.2, 0.25) is 0 Å². The van der Waals surface area contributed by atoms with Gasteiger partial charge in [-0.15, -0.1) is 0 Å². The Bertz CT molecular complexity index is 588. The highest BCUT2D eigenvalue weighted by Gasteiger charge is 2.28. The van der Waals surface area contributed by atoms with Crippen LogP contribution in [0.15, 0.2) is 12.7 Å². The number of carbonyl (C=O) groups is 1. The van der Waals surface area contributed by atoms with Crippen LogP contribution in [0.5, 0.6) is 0 Å². The molecule has 1 amide bonds. The van der Waals surface area contributed by atoms with E-state index in [9.17, 15) is 13.2 Å². The lowest BCUT2D eigenvalue weighted by Gasteiger charge is -2.33. The highest BCUT2D eigenvalue weighted by atomic mass is 32.2. The van der Waals surface area contributed by atoms with E-state index in [0.29, 0.717) is 38.9 Å². The lowest BCUT2D eigenvalue weighted by molar-refractivity contribution is -0.121. The van der Waals surface area contributed by atoms with Crippen LogP contribution in [0.25, 0.3) is 0 Å². The first-order chi connectivity index (χ1) is 11.0. The molecule has 1 unspecified atom stereocenters. The van der Waals surface area contributed by atoms with Gasteiger partial charge in [-0.2, -0.15) is 9.40 Å². The van der Waals surface area contributed by atoms with Crippen LogP contribution in [0, 0.1) is 0 Å². The molecule has 1 atom stereocenters. The second kappa shape index (κ2) is 8.39. The van der Waals surface area contributed by atoms with E-state index in [1.165, 1.54) is 12.6 Å². The summed E-state index contributed by atoms with van der Waals surface area (Å²) in [5.74, 6) is -0.00756. The van der Waals surface area contributed by atoms with E-state index in [4.69, 9.17) is 0 Å². The molecule has 0 saturated carbocycles. The molecule has 1 aliphatic heterocycles. The van der Waals surface area contributed by atoms with E-state index in [1.54, 1.807) is 15.3 Å². The molecule has 1 saturated heterocycles. The summed E-state index contributed by atoms with van der Waals surface area (Å²) in [6.45, 7) is 1.77. The van der Waals surface area contributed by atoms with Crippen molar-refractivity contribution in [3.63, 3.8) is 0 Å². The highest BCUT2D eigenvalue weighted by molar-refractivity contribution is 7.88. The third kappa shape index (κ3) is 5.91. The molecular weight excluding hydrogens is 318 g/mol. The molecule has 0 aromatic carbocycles. The van der Waals surface area contributed by atoms with Crippen LogP contribution >= 0.6 is 0 Å². The van der Waals surface area contributed by atoms with E-state index in [2.05, 4.69) is 15.4 Å². The average molecular weight is 343 g/mol. The fourth-order valence-corrected chi connectivity index (χ4v) is 4.13. The third-order valence-corrected chi connectivity index (χ3v) is 5.39. The molecule has 23 heavy (non-hydrogen) atoms. The van der Waals surface area contributed by atoms with E-state index in [0.717, 1.165) is 19.3 Å². The summed E-state index contributed by atoms with van der Waals surface area (Å²) < 4.78 is 26.8. The molecule has 130 valence electrons. The molecule has 2 rings (SSSR count). The molecule has 1 N–H and O–H groups in total. The van der Waals surface area contributed by atoms with Crippen molar-refractivity contribution < 1.29 is 13.2 Å². The van der Waals surface area contributed by atoms with Crippen LogP contribution in [0.1, 0.15) is 38.5 Å². The maximum atomic E-state index is 11.8. The van der Waals surface area contributed by atoms with Crippen LogP contribution in [0.3, 0.4) is 0 Å². The Balaban J connectivity index is 1.66. The third-order valence-electron chi connectivity index (χ3n) is 4.06. The van der Waals surface area contributed by atoms with Gasteiger partial charge in [0, 0.05) is 32.1 Å².